The summed E-state index contributed by atoms with van der Waals surface area (Å²) in [5.74, 6) is -0.0897. The van der Waals surface area contributed by atoms with Crippen molar-refractivity contribution in [2.45, 2.75) is 19.4 Å². The molecule has 1 heterocycles. The standard InChI is InChI=1S/C6H8O2/c1-2-3-5-4-6(7)8-5/h2-3,5H,4H2,1H3. The fraction of sp³-hybridized carbons (Fsp3) is 0.500. The Balaban J connectivity index is 2.25. The van der Waals surface area contributed by atoms with Crippen LogP contribution in [0.4, 0.5) is 0 Å². The summed E-state index contributed by atoms with van der Waals surface area (Å²) in [6, 6.07) is 0. The molecule has 0 saturated carbocycles. The third kappa shape index (κ3) is 0.886. The molecular formula is C6H8O2. The highest BCUT2D eigenvalue weighted by molar-refractivity contribution is 5.75. The van der Waals surface area contributed by atoms with Crippen molar-refractivity contribution in [1.29, 1.82) is 0 Å². The first kappa shape index (κ1) is 5.35. The number of hydrogen-bond acceptors (Lipinski definition) is 2. The third-order valence-electron chi connectivity index (χ3n) is 1.06. The molecule has 2 heteroatoms. The van der Waals surface area contributed by atoms with Gasteiger partial charge in [0.2, 0.25) is 0 Å². The Morgan fingerprint density at radius 2 is 2.50 bits per heavy atom. The molecule has 0 aromatic rings. The van der Waals surface area contributed by atoms with E-state index >= 15 is 0 Å². The summed E-state index contributed by atoms with van der Waals surface area (Å²) < 4.78 is 4.65. The second kappa shape index (κ2) is 1.99. The first-order valence-corrected chi connectivity index (χ1v) is 2.65. The second-order valence-corrected chi connectivity index (χ2v) is 1.76. The van der Waals surface area contributed by atoms with Crippen LogP contribution in [-0.2, 0) is 9.53 Å². The van der Waals surface area contributed by atoms with E-state index < -0.39 is 0 Å². The molecule has 1 fully saturated rings. The average Bonchev–Trinajstić information content (AvgIpc) is 1.64. The van der Waals surface area contributed by atoms with Crippen LogP contribution in [0, 0.1) is 0 Å². The van der Waals surface area contributed by atoms with Gasteiger partial charge in [0, 0.05) is 0 Å². The molecule has 1 saturated heterocycles. The lowest BCUT2D eigenvalue weighted by atomic mass is 10.2. The highest BCUT2D eigenvalue weighted by Gasteiger charge is 2.24. The van der Waals surface area contributed by atoms with E-state index in [0.29, 0.717) is 6.42 Å². The molecule has 0 radical (unpaired) electrons. The van der Waals surface area contributed by atoms with Crippen molar-refractivity contribution >= 4 is 5.97 Å². The summed E-state index contributed by atoms with van der Waals surface area (Å²) in [5.41, 5.74) is 0. The van der Waals surface area contributed by atoms with Crippen LogP contribution in [0.5, 0.6) is 0 Å². The van der Waals surface area contributed by atoms with Crippen molar-refractivity contribution in [3.63, 3.8) is 0 Å². The lowest BCUT2D eigenvalue weighted by molar-refractivity contribution is -0.164. The molecule has 44 valence electrons. The van der Waals surface area contributed by atoms with Crippen LogP contribution in [-0.4, -0.2) is 12.1 Å². The molecule has 8 heavy (non-hydrogen) atoms. The van der Waals surface area contributed by atoms with Crippen molar-refractivity contribution < 1.29 is 9.53 Å². The number of carbonyl (C=O) groups excluding carboxylic acids is 1. The van der Waals surface area contributed by atoms with E-state index in [1.807, 2.05) is 19.1 Å². The highest BCUT2D eigenvalue weighted by atomic mass is 16.6. The Labute approximate surface area is 48.1 Å². The van der Waals surface area contributed by atoms with Gasteiger partial charge in [0.15, 0.2) is 0 Å². The minimum absolute atomic E-state index is 0.0764. The SMILES string of the molecule is CC=CC1CC(=O)O1. The van der Waals surface area contributed by atoms with Gasteiger partial charge < -0.3 is 4.74 Å². The molecule has 0 aromatic carbocycles. The zero-order chi connectivity index (χ0) is 5.98. The number of esters is 1. The number of rotatable bonds is 1. The zero-order valence-corrected chi connectivity index (χ0v) is 4.76. The molecule has 0 bridgehead atoms. The van der Waals surface area contributed by atoms with Gasteiger partial charge in [-0.05, 0) is 13.0 Å². The van der Waals surface area contributed by atoms with Crippen molar-refractivity contribution in [2.24, 2.45) is 0 Å². The Hall–Kier alpha value is -0.790. The maximum Gasteiger partial charge on any atom is 0.310 e. The molecule has 1 aliphatic heterocycles. The molecule has 1 unspecified atom stereocenters. The van der Waals surface area contributed by atoms with Crippen LogP contribution < -0.4 is 0 Å². The maximum absolute atomic E-state index is 10.1. The van der Waals surface area contributed by atoms with Crippen LogP contribution in [0.3, 0.4) is 0 Å². The summed E-state index contributed by atoms with van der Waals surface area (Å²) in [6.45, 7) is 1.91. The van der Waals surface area contributed by atoms with E-state index in [0.717, 1.165) is 0 Å². The molecule has 0 aromatic heterocycles. The molecule has 0 aliphatic carbocycles. The number of allylic oxidation sites excluding steroid dienone is 1. The topological polar surface area (TPSA) is 26.3 Å². The normalized spacial score (nSPS) is 27.6. The predicted molar refractivity (Wildman–Crippen MR) is 29.3 cm³/mol. The summed E-state index contributed by atoms with van der Waals surface area (Å²) in [6.07, 6.45) is 4.40. The number of carbonyl (C=O) groups is 1. The van der Waals surface area contributed by atoms with Crippen LogP contribution in [0.25, 0.3) is 0 Å². The monoisotopic (exact) mass is 112 g/mol. The minimum Gasteiger partial charge on any atom is -0.457 e. The molecule has 1 aliphatic rings. The highest BCUT2D eigenvalue weighted by Crippen LogP contribution is 2.13. The van der Waals surface area contributed by atoms with Crippen LogP contribution >= 0.6 is 0 Å². The van der Waals surface area contributed by atoms with Crippen molar-refractivity contribution in [2.75, 3.05) is 0 Å². The fourth-order valence-electron chi connectivity index (χ4n) is 0.645. The molecule has 0 N–H and O–H groups in total. The fourth-order valence-corrected chi connectivity index (χ4v) is 0.645. The molecule has 1 rings (SSSR count). The van der Waals surface area contributed by atoms with Gasteiger partial charge in [-0.25, -0.2) is 0 Å². The number of hydrogen-bond donors (Lipinski definition) is 0. The first-order valence-electron chi connectivity index (χ1n) is 2.65. The van der Waals surface area contributed by atoms with Gasteiger partial charge in [-0.15, -0.1) is 0 Å². The molecule has 2 nitrogen and oxygen atoms in total. The van der Waals surface area contributed by atoms with Crippen LogP contribution in [0.2, 0.25) is 0 Å². The number of ether oxygens (including phenoxy) is 1. The lowest BCUT2D eigenvalue weighted by Gasteiger charge is -2.21. The van der Waals surface area contributed by atoms with E-state index in [-0.39, 0.29) is 12.1 Å². The summed E-state index contributed by atoms with van der Waals surface area (Å²) >= 11 is 0. The predicted octanol–water partition coefficient (Wildman–Crippen LogP) is 0.878. The second-order valence-electron chi connectivity index (χ2n) is 1.76. The van der Waals surface area contributed by atoms with Gasteiger partial charge in [0.25, 0.3) is 0 Å². The minimum atomic E-state index is -0.0897. The Bertz CT molecular complexity index is 118. The van der Waals surface area contributed by atoms with Crippen molar-refractivity contribution in [3.8, 4) is 0 Å². The van der Waals surface area contributed by atoms with Gasteiger partial charge in [0.05, 0.1) is 6.42 Å². The Morgan fingerprint density at radius 1 is 1.88 bits per heavy atom. The Morgan fingerprint density at radius 3 is 2.88 bits per heavy atom. The maximum atomic E-state index is 10.1. The van der Waals surface area contributed by atoms with Crippen molar-refractivity contribution in [3.05, 3.63) is 12.2 Å². The van der Waals surface area contributed by atoms with E-state index in [1.165, 1.54) is 0 Å². The summed E-state index contributed by atoms with van der Waals surface area (Å²) in [4.78, 5) is 10.1. The van der Waals surface area contributed by atoms with Crippen LogP contribution in [0.1, 0.15) is 13.3 Å². The third-order valence-corrected chi connectivity index (χ3v) is 1.06. The molecule has 0 amide bonds. The lowest BCUT2D eigenvalue weighted by Crippen LogP contribution is -2.30. The van der Waals surface area contributed by atoms with E-state index in [1.54, 1.807) is 0 Å². The molecule has 1 atom stereocenters. The summed E-state index contributed by atoms with van der Waals surface area (Å²) in [5, 5.41) is 0. The largest absolute Gasteiger partial charge is 0.457 e. The van der Waals surface area contributed by atoms with Gasteiger partial charge in [0.1, 0.15) is 6.10 Å². The quantitative estimate of drug-likeness (QED) is 0.371. The number of cyclic esters (lactones) is 1. The van der Waals surface area contributed by atoms with Gasteiger partial charge >= 0.3 is 5.97 Å². The van der Waals surface area contributed by atoms with E-state index in [9.17, 15) is 4.79 Å². The van der Waals surface area contributed by atoms with Gasteiger partial charge in [-0.3, -0.25) is 4.79 Å². The van der Waals surface area contributed by atoms with E-state index in [4.69, 9.17) is 0 Å². The average molecular weight is 112 g/mol. The van der Waals surface area contributed by atoms with Crippen LogP contribution in [0.15, 0.2) is 12.2 Å². The summed E-state index contributed by atoms with van der Waals surface area (Å²) in [7, 11) is 0. The van der Waals surface area contributed by atoms with Gasteiger partial charge in [-0.2, -0.15) is 0 Å². The van der Waals surface area contributed by atoms with Gasteiger partial charge in [-0.1, -0.05) is 6.08 Å². The first-order chi connectivity index (χ1) is 3.83. The van der Waals surface area contributed by atoms with E-state index in [2.05, 4.69) is 4.74 Å². The molecular weight excluding hydrogens is 104 g/mol. The van der Waals surface area contributed by atoms with Crippen molar-refractivity contribution in [1.82, 2.24) is 0 Å². The Kier molecular flexibility index (Phi) is 1.33. The molecule has 0 spiro atoms. The smallest absolute Gasteiger partial charge is 0.310 e. The zero-order valence-electron chi connectivity index (χ0n) is 4.76.